The van der Waals surface area contributed by atoms with Crippen molar-refractivity contribution in [1.82, 2.24) is 14.8 Å². The van der Waals surface area contributed by atoms with Crippen LogP contribution in [0.25, 0.3) is 0 Å². The highest BCUT2D eigenvalue weighted by Crippen LogP contribution is 2.28. The van der Waals surface area contributed by atoms with Gasteiger partial charge in [0.05, 0.1) is 18.4 Å². The molecule has 1 aliphatic rings. The van der Waals surface area contributed by atoms with E-state index in [1.807, 2.05) is 0 Å². The van der Waals surface area contributed by atoms with Crippen molar-refractivity contribution in [3.8, 4) is 5.88 Å². The average molecular weight is 489 g/mol. The van der Waals surface area contributed by atoms with Crippen molar-refractivity contribution in [3.63, 3.8) is 0 Å². The number of aromatic nitrogens is 1. The Morgan fingerprint density at radius 1 is 1.06 bits per heavy atom. The van der Waals surface area contributed by atoms with Crippen LogP contribution in [0.5, 0.6) is 5.88 Å². The van der Waals surface area contributed by atoms with Crippen LogP contribution in [-0.2, 0) is 11.3 Å². The summed E-state index contributed by atoms with van der Waals surface area (Å²) in [6.45, 7) is 8.31. The number of hydrogen-bond acceptors (Lipinski definition) is 5. The number of benzene rings is 1. The van der Waals surface area contributed by atoms with Crippen LogP contribution in [0.4, 0.5) is 14.5 Å². The third-order valence-electron chi connectivity index (χ3n) is 6.29. The summed E-state index contributed by atoms with van der Waals surface area (Å²) in [7, 11) is 1.49. The number of amides is 2. The van der Waals surface area contributed by atoms with Gasteiger partial charge in [-0.05, 0) is 44.4 Å². The second-order valence-corrected chi connectivity index (χ2v) is 8.95. The molecule has 0 unspecified atom stereocenters. The number of carbonyl (C=O) groups excluding carboxylic acids is 2. The highest BCUT2D eigenvalue weighted by molar-refractivity contribution is 5.95. The van der Waals surface area contributed by atoms with Gasteiger partial charge in [0.2, 0.25) is 11.8 Å². The predicted octanol–water partition coefficient (Wildman–Crippen LogP) is 4.26. The summed E-state index contributed by atoms with van der Waals surface area (Å²) >= 11 is 0. The third kappa shape index (κ3) is 6.54. The highest BCUT2D eigenvalue weighted by atomic mass is 19.2. The van der Waals surface area contributed by atoms with Crippen molar-refractivity contribution in [2.24, 2.45) is 0 Å². The zero-order chi connectivity index (χ0) is 25.5. The number of nitrogens with zero attached hydrogens (tertiary/aromatic N) is 4. The molecule has 0 radical (unpaired) electrons. The number of ether oxygens (including phenoxy) is 1. The van der Waals surface area contributed by atoms with Crippen LogP contribution in [0.2, 0.25) is 0 Å². The minimum atomic E-state index is -1.02. The number of rotatable bonds is 4. The lowest BCUT2D eigenvalue weighted by molar-refractivity contribution is -0.118. The Hall–Kier alpha value is -3.07. The smallest absolute Gasteiger partial charge is 0.255 e. The maximum atomic E-state index is 14.3. The fourth-order valence-electron chi connectivity index (χ4n) is 4.32. The Bertz CT molecular complexity index is 1030. The van der Waals surface area contributed by atoms with Crippen molar-refractivity contribution in [2.75, 3.05) is 38.2 Å². The molecule has 190 valence electrons. The molecule has 0 saturated carbocycles. The van der Waals surface area contributed by atoms with Crippen LogP contribution in [-0.4, -0.2) is 65.9 Å². The van der Waals surface area contributed by atoms with Gasteiger partial charge in [-0.15, -0.1) is 0 Å². The summed E-state index contributed by atoms with van der Waals surface area (Å²) in [6.07, 6.45) is 3.08. The molecule has 2 aromatic rings. The first-order chi connectivity index (χ1) is 16.7. The largest absolute Gasteiger partial charge is 0.481 e. The molecule has 0 saturated heterocycles. The van der Waals surface area contributed by atoms with Gasteiger partial charge >= 0.3 is 0 Å². The van der Waals surface area contributed by atoms with Crippen LogP contribution in [0, 0.1) is 11.6 Å². The lowest BCUT2D eigenvalue weighted by Crippen LogP contribution is -2.40. The molecule has 7 nitrogen and oxygen atoms in total. The van der Waals surface area contributed by atoms with E-state index >= 15 is 0 Å². The van der Waals surface area contributed by atoms with Crippen LogP contribution in [0.15, 0.2) is 30.5 Å². The Labute approximate surface area is 205 Å². The van der Waals surface area contributed by atoms with Gasteiger partial charge in [0.25, 0.3) is 5.91 Å². The van der Waals surface area contributed by atoms with Gasteiger partial charge in [-0.25, -0.2) is 13.8 Å². The molecule has 3 rings (SSSR count). The van der Waals surface area contributed by atoms with Crippen LogP contribution in [0.1, 0.15) is 56.0 Å². The van der Waals surface area contributed by atoms with E-state index in [1.54, 1.807) is 24.0 Å². The molecule has 2 amide bonds. The second-order valence-electron chi connectivity index (χ2n) is 8.95. The van der Waals surface area contributed by atoms with E-state index in [0.29, 0.717) is 54.7 Å². The second kappa shape index (κ2) is 12.1. The number of fused-ring (bicyclic) bond motifs is 1. The van der Waals surface area contributed by atoms with E-state index in [0.717, 1.165) is 25.2 Å². The molecule has 1 aromatic heterocycles. The van der Waals surface area contributed by atoms with E-state index in [4.69, 9.17) is 4.74 Å². The maximum absolute atomic E-state index is 14.3. The highest BCUT2D eigenvalue weighted by Gasteiger charge is 2.25. The third-order valence-corrected chi connectivity index (χ3v) is 6.29. The van der Waals surface area contributed by atoms with Crippen molar-refractivity contribution in [2.45, 2.75) is 52.6 Å². The number of anilines is 1. The normalized spacial score (nSPS) is 15.9. The van der Waals surface area contributed by atoms with Gasteiger partial charge in [0.15, 0.2) is 11.6 Å². The van der Waals surface area contributed by atoms with E-state index < -0.39 is 11.6 Å². The summed E-state index contributed by atoms with van der Waals surface area (Å²) < 4.78 is 33.8. The standard InChI is InChI=1S/C26H34F2N4O3/c1-5-25(33)32-13-7-11-30(18(2)3)10-6-12-31(17-20-14-21(27)22(28)15-23(20)32)26(34)19-8-9-24(35-4)29-16-19/h8-9,14-16,18H,5-7,10-13,17H2,1-4H3. The molecule has 1 aromatic carbocycles. The van der Waals surface area contributed by atoms with Crippen molar-refractivity contribution >= 4 is 17.5 Å². The topological polar surface area (TPSA) is 66.0 Å². The van der Waals surface area contributed by atoms with E-state index in [-0.39, 0.29) is 24.8 Å². The molecular formula is C26H34F2N4O3. The molecule has 0 bridgehead atoms. The van der Waals surface area contributed by atoms with Crippen molar-refractivity contribution in [3.05, 3.63) is 53.2 Å². The molecular weight excluding hydrogens is 454 g/mol. The molecule has 1 aliphatic heterocycles. The molecule has 0 atom stereocenters. The van der Waals surface area contributed by atoms with Gasteiger partial charge in [-0.3, -0.25) is 9.59 Å². The SMILES string of the molecule is CCC(=O)N1CCCN(C(C)C)CCCN(C(=O)c2ccc(OC)nc2)Cc2cc(F)c(F)cc21. The average Bonchev–Trinajstić information content (AvgIpc) is 2.85. The zero-order valence-corrected chi connectivity index (χ0v) is 20.9. The summed E-state index contributed by atoms with van der Waals surface area (Å²) in [5.74, 6) is -2.10. The van der Waals surface area contributed by atoms with Gasteiger partial charge in [0, 0.05) is 63.5 Å². The fourth-order valence-corrected chi connectivity index (χ4v) is 4.32. The summed E-state index contributed by atoms with van der Waals surface area (Å²) in [5, 5.41) is 0. The Kier molecular flexibility index (Phi) is 9.14. The number of methoxy groups -OCH3 is 1. The molecule has 0 N–H and O–H groups in total. The van der Waals surface area contributed by atoms with Crippen molar-refractivity contribution in [1.29, 1.82) is 0 Å². The van der Waals surface area contributed by atoms with Crippen molar-refractivity contribution < 1.29 is 23.1 Å². The van der Waals surface area contributed by atoms with E-state index in [9.17, 15) is 18.4 Å². The van der Waals surface area contributed by atoms with Crippen LogP contribution in [0.3, 0.4) is 0 Å². The first kappa shape index (κ1) is 26.5. The van der Waals surface area contributed by atoms with Gasteiger partial charge in [0.1, 0.15) is 0 Å². The van der Waals surface area contributed by atoms with E-state index in [1.165, 1.54) is 18.2 Å². The Balaban J connectivity index is 2.04. The first-order valence-corrected chi connectivity index (χ1v) is 12.1. The van der Waals surface area contributed by atoms with E-state index in [2.05, 4.69) is 23.7 Å². The molecule has 0 aliphatic carbocycles. The minimum Gasteiger partial charge on any atom is -0.481 e. The molecule has 0 spiro atoms. The van der Waals surface area contributed by atoms with Crippen LogP contribution < -0.4 is 9.64 Å². The summed E-state index contributed by atoms with van der Waals surface area (Å²) in [5.41, 5.74) is 1.06. The Morgan fingerprint density at radius 2 is 1.74 bits per heavy atom. The van der Waals surface area contributed by atoms with Gasteiger partial charge < -0.3 is 19.4 Å². The minimum absolute atomic E-state index is 0.0343. The van der Waals surface area contributed by atoms with Gasteiger partial charge in [-0.2, -0.15) is 0 Å². The maximum Gasteiger partial charge on any atom is 0.255 e. The number of carbonyl (C=O) groups is 2. The molecule has 35 heavy (non-hydrogen) atoms. The monoisotopic (exact) mass is 488 g/mol. The predicted molar refractivity (Wildman–Crippen MR) is 130 cm³/mol. The molecule has 2 heterocycles. The first-order valence-electron chi connectivity index (χ1n) is 12.1. The zero-order valence-electron chi connectivity index (χ0n) is 20.9. The Morgan fingerprint density at radius 3 is 2.34 bits per heavy atom. The summed E-state index contributed by atoms with van der Waals surface area (Å²) in [4.78, 5) is 35.9. The van der Waals surface area contributed by atoms with Gasteiger partial charge in [-0.1, -0.05) is 6.92 Å². The number of pyridine rings is 1. The number of hydrogen-bond donors (Lipinski definition) is 0. The number of halogens is 2. The lowest BCUT2D eigenvalue weighted by atomic mass is 10.1. The molecule has 0 fully saturated rings. The quantitative estimate of drug-likeness (QED) is 0.644. The van der Waals surface area contributed by atoms with Crippen LogP contribution >= 0.6 is 0 Å². The summed E-state index contributed by atoms with van der Waals surface area (Å²) in [6, 6.07) is 5.70. The lowest BCUT2D eigenvalue weighted by Gasteiger charge is -2.33. The molecule has 9 heteroatoms. The fraction of sp³-hybridized carbons (Fsp3) is 0.500.